The lowest BCUT2D eigenvalue weighted by molar-refractivity contribution is 0.0932. The summed E-state index contributed by atoms with van der Waals surface area (Å²) in [5.74, 6) is 0.307. The van der Waals surface area contributed by atoms with Crippen LogP contribution in [0.1, 0.15) is 36.5 Å². The first kappa shape index (κ1) is 14.4. The van der Waals surface area contributed by atoms with E-state index >= 15 is 0 Å². The van der Waals surface area contributed by atoms with Crippen molar-refractivity contribution < 1.29 is 9.53 Å². The van der Waals surface area contributed by atoms with Crippen LogP contribution >= 0.6 is 0 Å². The molecule has 3 N–H and O–H groups in total. The number of ether oxygens (including phenoxy) is 1. The van der Waals surface area contributed by atoms with E-state index in [9.17, 15) is 4.79 Å². The summed E-state index contributed by atoms with van der Waals surface area (Å²) in [5.41, 5.74) is 6.14. The third-order valence-corrected chi connectivity index (χ3v) is 2.77. The zero-order valence-corrected chi connectivity index (χ0v) is 11.0. The van der Waals surface area contributed by atoms with E-state index in [4.69, 9.17) is 10.5 Å². The molecule has 0 aliphatic rings. The van der Waals surface area contributed by atoms with Crippen LogP contribution in [0.25, 0.3) is 0 Å². The second-order valence-electron chi connectivity index (χ2n) is 4.12. The number of rotatable bonds is 7. The van der Waals surface area contributed by atoms with Crippen molar-refractivity contribution in [3.63, 3.8) is 0 Å². The number of unbranched alkanes of at least 4 members (excludes halogenated alkanes) is 1. The highest BCUT2D eigenvalue weighted by atomic mass is 16.5. The molecule has 1 atom stereocenters. The lowest BCUT2D eigenvalue weighted by atomic mass is 10.1. The molecule has 0 fully saturated rings. The molecule has 1 heterocycles. The minimum Gasteiger partial charge on any atom is -0.494 e. The van der Waals surface area contributed by atoms with E-state index in [0.717, 1.165) is 19.3 Å². The molecule has 1 amide bonds. The maximum Gasteiger partial charge on any atom is 0.255 e. The molecule has 100 valence electrons. The number of nitrogens with zero attached hydrogens (tertiary/aromatic N) is 1. The van der Waals surface area contributed by atoms with Gasteiger partial charge in [-0.2, -0.15) is 0 Å². The number of nitrogens with one attached hydrogen (secondary N) is 1. The Balaban J connectivity index is 2.68. The standard InChI is InChI=1S/C13H21N3O2/c1-3-4-5-10(8-14)16-13(17)11-6-7-15-9-12(11)18-2/h6-7,9-10H,3-5,8,14H2,1-2H3,(H,16,17). The zero-order valence-electron chi connectivity index (χ0n) is 11.0. The fourth-order valence-electron chi connectivity index (χ4n) is 1.69. The molecule has 18 heavy (non-hydrogen) atoms. The predicted molar refractivity (Wildman–Crippen MR) is 70.6 cm³/mol. The van der Waals surface area contributed by atoms with E-state index in [1.54, 1.807) is 12.3 Å². The van der Waals surface area contributed by atoms with Gasteiger partial charge in [-0.1, -0.05) is 19.8 Å². The molecule has 0 radical (unpaired) electrons. The maximum absolute atomic E-state index is 12.1. The van der Waals surface area contributed by atoms with Crippen molar-refractivity contribution in [1.82, 2.24) is 10.3 Å². The number of pyridine rings is 1. The predicted octanol–water partition coefficient (Wildman–Crippen LogP) is 1.34. The van der Waals surface area contributed by atoms with Gasteiger partial charge in [-0.25, -0.2) is 0 Å². The Bertz CT molecular complexity index is 382. The summed E-state index contributed by atoms with van der Waals surface area (Å²) in [7, 11) is 1.52. The van der Waals surface area contributed by atoms with Gasteiger partial charge in [0.15, 0.2) is 0 Å². The Kier molecular flexibility index (Phi) is 6.14. The summed E-state index contributed by atoms with van der Waals surface area (Å²) in [4.78, 5) is 16.0. The van der Waals surface area contributed by atoms with Gasteiger partial charge in [0.05, 0.1) is 18.9 Å². The number of hydrogen-bond acceptors (Lipinski definition) is 4. The molecule has 0 aliphatic heterocycles. The molecule has 0 saturated carbocycles. The number of nitrogens with two attached hydrogens (primary N) is 1. The van der Waals surface area contributed by atoms with Crippen LogP contribution in [0.3, 0.4) is 0 Å². The van der Waals surface area contributed by atoms with Gasteiger partial charge in [-0.3, -0.25) is 9.78 Å². The first-order valence-corrected chi connectivity index (χ1v) is 6.21. The Morgan fingerprint density at radius 1 is 1.61 bits per heavy atom. The minimum absolute atomic E-state index is 0.00956. The summed E-state index contributed by atoms with van der Waals surface area (Å²) in [5, 5.41) is 2.92. The third-order valence-electron chi connectivity index (χ3n) is 2.77. The largest absolute Gasteiger partial charge is 0.494 e. The van der Waals surface area contributed by atoms with E-state index in [1.165, 1.54) is 13.3 Å². The topological polar surface area (TPSA) is 77.2 Å². The smallest absolute Gasteiger partial charge is 0.255 e. The van der Waals surface area contributed by atoms with Gasteiger partial charge in [0.1, 0.15) is 5.75 Å². The molecule has 0 saturated heterocycles. The van der Waals surface area contributed by atoms with Crippen molar-refractivity contribution in [3.05, 3.63) is 24.0 Å². The number of carbonyl (C=O) groups excluding carboxylic acids is 1. The van der Waals surface area contributed by atoms with Gasteiger partial charge in [0.25, 0.3) is 5.91 Å². The second-order valence-corrected chi connectivity index (χ2v) is 4.12. The fourth-order valence-corrected chi connectivity index (χ4v) is 1.69. The number of hydrogen-bond donors (Lipinski definition) is 2. The zero-order chi connectivity index (χ0) is 13.4. The van der Waals surface area contributed by atoms with Gasteiger partial charge in [-0.05, 0) is 12.5 Å². The molecular weight excluding hydrogens is 230 g/mol. The van der Waals surface area contributed by atoms with Crippen LogP contribution in [-0.2, 0) is 0 Å². The first-order chi connectivity index (χ1) is 8.72. The van der Waals surface area contributed by atoms with Crippen LogP contribution in [-0.4, -0.2) is 30.6 Å². The minimum atomic E-state index is -0.166. The normalized spacial score (nSPS) is 11.9. The number of aromatic nitrogens is 1. The Morgan fingerprint density at radius 2 is 2.39 bits per heavy atom. The van der Waals surface area contributed by atoms with E-state index in [1.807, 2.05) is 0 Å². The number of amides is 1. The van der Waals surface area contributed by atoms with Crippen LogP contribution in [0.5, 0.6) is 5.75 Å². The molecular formula is C13H21N3O2. The van der Waals surface area contributed by atoms with Crippen molar-refractivity contribution in [1.29, 1.82) is 0 Å². The van der Waals surface area contributed by atoms with Gasteiger partial charge in [0, 0.05) is 18.8 Å². The summed E-state index contributed by atoms with van der Waals surface area (Å²) in [6.07, 6.45) is 6.13. The lowest BCUT2D eigenvalue weighted by Gasteiger charge is -2.17. The van der Waals surface area contributed by atoms with Crippen molar-refractivity contribution in [3.8, 4) is 5.75 Å². The van der Waals surface area contributed by atoms with Crippen molar-refractivity contribution in [2.45, 2.75) is 32.2 Å². The molecule has 1 unspecified atom stereocenters. The van der Waals surface area contributed by atoms with Crippen LogP contribution in [0.4, 0.5) is 0 Å². The third kappa shape index (κ3) is 4.00. The highest BCUT2D eigenvalue weighted by Gasteiger charge is 2.15. The van der Waals surface area contributed by atoms with Crippen molar-refractivity contribution in [2.75, 3.05) is 13.7 Å². The van der Waals surface area contributed by atoms with Gasteiger partial charge in [0.2, 0.25) is 0 Å². The van der Waals surface area contributed by atoms with Gasteiger partial charge < -0.3 is 15.8 Å². The quantitative estimate of drug-likeness (QED) is 0.766. The Hall–Kier alpha value is -1.62. The first-order valence-electron chi connectivity index (χ1n) is 6.21. The monoisotopic (exact) mass is 251 g/mol. The molecule has 0 spiro atoms. The average molecular weight is 251 g/mol. The lowest BCUT2D eigenvalue weighted by Crippen LogP contribution is -2.40. The average Bonchev–Trinajstić information content (AvgIpc) is 2.43. The molecule has 1 aromatic rings. The van der Waals surface area contributed by atoms with Gasteiger partial charge in [-0.15, -0.1) is 0 Å². The molecule has 5 nitrogen and oxygen atoms in total. The molecule has 0 bridgehead atoms. The summed E-state index contributed by atoms with van der Waals surface area (Å²) >= 11 is 0. The number of methoxy groups -OCH3 is 1. The number of carbonyl (C=O) groups is 1. The molecule has 1 rings (SSSR count). The van der Waals surface area contributed by atoms with Crippen molar-refractivity contribution >= 4 is 5.91 Å². The summed E-state index contributed by atoms with van der Waals surface area (Å²) in [6.45, 7) is 2.56. The van der Waals surface area contributed by atoms with Crippen LogP contribution in [0, 0.1) is 0 Å². The second kappa shape index (κ2) is 7.66. The van der Waals surface area contributed by atoms with Crippen LogP contribution in [0.2, 0.25) is 0 Å². The van der Waals surface area contributed by atoms with Crippen LogP contribution in [0.15, 0.2) is 18.5 Å². The Labute approximate surface area is 108 Å². The Morgan fingerprint density at radius 3 is 3.00 bits per heavy atom. The highest BCUT2D eigenvalue weighted by molar-refractivity contribution is 5.96. The maximum atomic E-state index is 12.1. The summed E-state index contributed by atoms with van der Waals surface area (Å²) in [6, 6.07) is 1.65. The molecule has 5 heteroatoms. The molecule has 0 aliphatic carbocycles. The van der Waals surface area contributed by atoms with E-state index in [0.29, 0.717) is 17.9 Å². The van der Waals surface area contributed by atoms with Gasteiger partial charge >= 0.3 is 0 Å². The van der Waals surface area contributed by atoms with E-state index < -0.39 is 0 Å². The highest BCUT2D eigenvalue weighted by Crippen LogP contribution is 2.15. The van der Waals surface area contributed by atoms with E-state index in [2.05, 4.69) is 17.2 Å². The molecule has 1 aromatic heterocycles. The fraction of sp³-hybridized carbons (Fsp3) is 0.538. The van der Waals surface area contributed by atoms with E-state index in [-0.39, 0.29) is 11.9 Å². The van der Waals surface area contributed by atoms with Crippen LogP contribution < -0.4 is 15.8 Å². The SMILES string of the molecule is CCCCC(CN)NC(=O)c1ccncc1OC. The summed E-state index contributed by atoms with van der Waals surface area (Å²) < 4.78 is 5.11. The molecule has 0 aromatic carbocycles. The van der Waals surface area contributed by atoms with Crippen molar-refractivity contribution in [2.24, 2.45) is 5.73 Å².